The highest BCUT2D eigenvalue weighted by molar-refractivity contribution is 6.28. The van der Waals surface area contributed by atoms with E-state index in [-0.39, 0.29) is 0 Å². The second-order valence-electron chi connectivity index (χ2n) is 14.0. The Morgan fingerprint density at radius 2 is 0.774 bits per heavy atom. The molecule has 53 heavy (non-hydrogen) atoms. The first kappa shape index (κ1) is 29.7. The minimum atomic E-state index is 1.15. The zero-order valence-corrected chi connectivity index (χ0v) is 29.0. The van der Waals surface area contributed by atoms with E-state index in [0.717, 1.165) is 5.69 Å². The lowest BCUT2D eigenvalue weighted by molar-refractivity contribution is 1.19. The maximum Gasteiger partial charge on any atom is 0.0620 e. The summed E-state index contributed by atoms with van der Waals surface area (Å²) in [6.07, 6.45) is 0. The van der Waals surface area contributed by atoms with Gasteiger partial charge in [0, 0.05) is 21.8 Å². The van der Waals surface area contributed by atoms with E-state index in [1.807, 2.05) is 0 Å². The van der Waals surface area contributed by atoms with Crippen molar-refractivity contribution in [3.05, 3.63) is 200 Å². The van der Waals surface area contributed by atoms with Gasteiger partial charge in [-0.05, 0) is 95.3 Å². The number of fused-ring (bicyclic) bond motifs is 9. The summed E-state index contributed by atoms with van der Waals surface area (Å²) >= 11 is 0. The summed E-state index contributed by atoms with van der Waals surface area (Å²) in [6, 6.07) is 73.4. The van der Waals surface area contributed by atoms with Gasteiger partial charge in [0.2, 0.25) is 0 Å². The van der Waals surface area contributed by atoms with E-state index in [9.17, 15) is 0 Å². The Hall–Kier alpha value is -6.96. The highest BCUT2D eigenvalue weighted by atomic mass is 15.0. The molecular weight excluding hydrogens is 639 g/mol. The SMILES string of the molecule is c1ccc(-c2c3ccccc3c(-c3ccc(-n4c5ccc6ccccc6c5c5cc(-c6ccccc6)c6ccccc6c54)cc3)c3ccccc23)cc1. The summed E-state index contributed by atoms with van der Waals surface area (Å²) in [6.45, 7) is 0. The van der Waals surface area contributed by atoms with Crippen LogP contribution in [0.2, 0.25) is 0 Å². The molecule has 0 radical (unpaired) electrons. The number of rotatable bonds is 4. The highest BCUT2D eigenvalue weighted by Crippen LogP contribution is 2.46. The highest BCUT2D eigenvalue weighted by Gasteiger charge is 2.21. The van der Waals surface area contributed by atoms with Crippen LogP contribution in [0.15, 0.2) is 200 Å². The van der Waals surface area contributed by atoms with Crippen molar-refractivity contribution >= 4 is 64.9 Å². The Labute approximate surface area is 307 Å². The Morgan fingerprint density at radius 3 is 1.38 bits per heavy atom. The Kier molecular flexibility index (Phi) is 6.62. The molecule has 1 heteroatoms. The topological polar surface area (TPSA) is 4.93 Å². The van der Waals surface area contributed by atoms with Gasteiger partial charge in [-0.3, -0.25) is 0 Å². The molecule has 0 saturated carbocycles. The molecule has 0 atom stereocenters. The van der Waals surface area contributed by atoms with E-state index < -0.39 is 0 Å². The quantitative estimate of drug-likeness (QED) is 0.164. The summed E-state index contributed by atoms with van der Waals surface area (Å²) in [7, 11) is 0. The number of hydrogen-bond acceptors (Lipinski definition) is 0. The van der Waals surface area contributed by atoms with Crippen LogP contribution in [0.25, 0.3) is 104 Å². The minimum Gasteiger partial charge on any atom is -0.309 e. The Bertz CT molecular complexity index is 3130. The third kappa shape index (κ3) is 4.51. The molecule has 0 spiro atoms. The molecule has 0 fully saturated rings. The van der Waals surface area contributed by atoms with Crippen molar-refractivity contribution in [3.63, 3.8) is 0 Å². The molecule has 0 amide bonds. The van der Waals surface area contributed by atoms with Crippen molar-refractivity contribution in [3.8, 4) is 39.1 Å². The van der Waals surface area contributed by atoms with Crippen LogP contribution >= 0.6 is 0 Å². The maximum absolute atomic E-state index is 2.49. The Morgan fingerprint density at radius 1 is 0.302 bits per heavy atom. The molecule has 1 aromatic heterocycles. The lowest BCUT2D eigenvalue weighted by Crippen LogP contribution is -1.96. The predicted octanol–water partition coefficient (Wildman–Crippen LogP) is 14.4. The molecule has 0 aliphatic rings. The third-order valence-electron chi connectivity index (χ3n) is 11.1. The fourth-order valence-electron chi connectivity index (χ4n) is 8.90. The minimum absolute atomic E-state index is 1.15. The second-order valence-corrected chi connectivity index (χ2v) is 14.0. The number of benzene rings is 10. The average Bonchev–Trinajstić information content (AvgIpc) is 3.58. The van der Waals surface area contributed by atoms with E-state index in [2.05, 4.69) is 205 Å². The normalized spacial score (nSPS) is 11.8. The van der Waals surface area contributed by atoms with Gasteiger partial charge in [-0.25, -0.2) is 0 Å². The molecule has 0 saturated heterocycles. The van der Waals surface area contributed by atoms with Crippen LogP contribution < -0.4 is 0 Å². The summed E-state index contributed by atoms with van der Waals surface area (Å²) in [5.41, 5.74) is 11.1. The lowest BCUT2D eigenvalue weighted by Gasteiger charge is -2.18. The molecule has 1 heterocycles. The van der Waals surface area contributed by atoms with Gasteiger partial charge in [0.25, 0.3) is 0 Å². The van der Waals surface area contributed by atoms with Crippen LogP contribution in [0.5, 0.6) is 0 Å². The van der Waals surface area contributed by atoms with Crippen LogP contribution in [0, 0.1) is 0 Å². The first-order valence-corrected chi connectivity index (χ1v) is 18.4. The van der Waals surface area contributed by atoms with Crippen molar-refractivity contribution in [2.75, 3.05) is 0 Å². The van der Waals surface area contributed by atoms with E-state index >= 15 is 0 Å². The number of nitrogens with zero attached hydrogens (tertiary/aromatic N) is 1. The fraction of sp³-hybridized carbons (Fsp3) is 0. The molecule has 10 aromatic carbocycles. The van der Waals surface area contributed by atoms with Crippen LogP contribution in [0.4, 0.5) is 0 Å². The molecule has 0 aliphatic carbocycles. The second kappa shape index (κ2) is 11.8. The van der Waals surface area contributed by atoms with Crippen LogP contribution in [-0.4, -0.2) is 4.57 Å². The van der Waals surface area contributed by atoms with E-state index in [1.165, 1.54) is 98.3 Å². The summed E-state index contributed by atoms with van der Waals surface area (Å²) in [5.74, 6) is 0. The molecule has 246 valence electrons. The van der Waals surface area contributed by atoms with Crippen LogP contribution in [0.3, 0.4) is 0 Å². The van der Waals surface area contributed by atoms with E-state index in [1.54, 1.807) is 0 Å². The van der Waals surface area contributed by atoms with Crippen molar-refractivity contribution < 1.29 is 0 Å². The lowest BCUT2D eigenvalue weighted by atomic mass is 9.86. The predicted molar refractivity (Wildman–Crippen MR) is 227 cm³/mol. The van der Waals surface area contributed by atoms with Crippen molar-refractivity contribution in [1.29, 1.82) is 0 Å². The smallest absolute Gasteiger partial charge is 0.0620 e. The molecule has 0 aliphatic heterocycles. The van der Waals surface area contributed by atoms with E-state index in [4.69, 9.17) is 0 Å². The number of hydrogen-bond donors (Lipinski definition) is 0. The first-order chi connectivity index (χ1) is 26.3. The molecule has 0 N–H and O–H groups in total. The molecule has 11 aromatic rings. The zero-order valence-electron chi connectivity index (χ0n) is 29.0. The van der Waals surface area contributed by atoms with Crippen LogP contribution in [-0.2, 0) is 0 Å². The van der Waals surface area contributed by atoms with Gasteiger partial charge in [0.15, 0.2) is 0 Å². The molecule has 0 bridgehead atoms. The van der Waals surface area contributed by atoms with Crippen molar-refractivity contribution in [2.45, 2.75) is 0 Å². The van der Waals surface area contributed by atoms with E-state index in [0.29, 0.717) is 0 Å². The average molecular weight is 672 g/mol. The maximum atomic E-state index is 2.49. The third-order valence-corrected chi connectivity index (χ3v) is 11.1. The zero-order chi connectivity index (χ0) is 34.9. The van der Waals surface area contributed by atoms with Crippen LogP contribution in [0.1, 0.15) is 0 Å². The fourth-order valence-corrected chi connectivity index (χ4v) is 8.90. The summed E-state index contributed by atoms with van der Waals surface area (Å²) < 4.78 is 2.49. The summed E-state index contributed by atoms with van der Waals surface area (Å²) in [4.78, 5) is 0. The van der Waals surface area contributed by atoms with Crippen molar-refractivity contribution in [1.82, 2.24) is 4.57 Å². The largest absolute Gasteiger partial charge is 0.309 e. The van der Waals surface area contributed by atoms with Gasteiger partial charge in [0.05, 0.1) is 11.0 Å². The van der Waals surface area contributed by atoms with Gasteiger partial charge in [-0.15, -0.1) is 0 Å². The summed E-state index contributed by atoms with van der Waals surface area (Å²) in [5, 5.41) is 12.7. The molecular formula is C52H33N. The molecule has 1 nitrogen and oxygen atoms in total. The van der Waals surface area contributed by atoms with Crippen molar-refractivity contribution in [2.24, 2.45) is 0 Å². The van der Waals surface area contributed by atoms with Gasteiger partial charge in [-0.1, -0.05) is 176 Å². The molecule has 11 rings (SSSR count). The number of aromatic nitrogens is 1. The van der Waals surface area contributed by atoms with Gasteiger partial charge in [0.1, 0.15) is 0 Å². The molecule has 0 unspecified atom stereocenters. The standard InChI is InChI=1S/C52H33N/c1-3-15-34(16-4-1)46-33-47-51-39-20-8-7-17-35(39)29-32-48(51)53(52(47)45-26-14-9-21-40(45)46)38-30-27-37(28-31-38)50-43-24-12-10-22-41(43)49(36-18-5-2-6-19-36)42-23-11-13-25-44(42)50/h1-33H. The van der Waals surface area contributed by atoms with Gasteiger partial charge >= 0.3 is 0 Å². The first-order valence-electron chi connectivity index (χ1n) is 18.4. The van der Waals surface area contributed by atoms with Gasteiger partial charge < -0.3 is 4.57 Å². The monoisotopic (exact) mass is 671 g/mol. The van der Waals surface area contributed by atoms with Gasteiger partial charge in [-0.2, -0.15) is 0 Å². The Balaban J connectivity index is 1.19.